The van der Waals surface area contributed by atoms with Crippen LogP contribution >= 0.6 is 11.6 Å². The summed E-state index contributed by atoms with van der Waals surface area (Å²) >= 11 is 6.45. The Labute approximate surface area is 163 Å². The number of rotatable bonds is 5. The maximum absolute atomic E-state index is 11.7. The second kappa shape index (κ2) is 7.01. The van der Waals surface area contributed by atoms with Crippen LogP contribution < -0.4 is 9.46 Å². The molecule has 0 saturated heterocycles. The van der Waals surface area contributed by atoms with Crippen LogP contribution in [-0.4, -0.2) is 36.5 Å². The molecule has 1 aromatic carbocycles. The first-order valence-corrected chi connectivity index (χ1v) is 10.6. The maximum atomic E-state index is 11.7. The number of methoxy groups -OCH3 is 1. The number of benzene rings is 1. The van der Waals surface area contributed by atoms with Crippen molar-refractivity contribution in [2.45, 2.75) is 20.3 Å². The van der Waals surface area contributed by atoms with Gasteiger partial charge in [0, 0.05) is 12.4 Å². The van der Waals surface area contributed by atoms with Crippen LogP contribution in [0.25, 0.3) is 22.2 Å². The molecular formula is C18H21ClN4O3S. The summed E-state index contributed by atoms with van der Waals surface area (Å²) in [5.41, 5.74) is 4.30. The Bertz CT molecular complexity index is 1140. The number of halogens is 1. The van der Waals surface area contributed by atoms with Crippen molar-refractivity contribution in [1.82, 2.24) is 14.8 Å². The smallest absolute Gasteiger partial charge is 0.229 e. The van der Waals surface area contributed by atoms with E-state index < -0.39 is 10.0 Å². The van der Waals surface area contributed by atoms with Crippen molar-refractivity contribution in [2.75, 3.05) is 18.1 Å². The fraction of sp³-hybridized carbons (Fsp3) is 0.333. The number of pyridine rings is 1. The van der Waals surface area contributed by atoms with Crippen LogP contribution in [-0.2, 0) is 23.5 Å². The number of hydrogen-bond acceptors (Lipinski definition) is 5. The summed E-state index contributed by atoms with van der Waals surface area (Å²) in [6.07, 6.45) is 1.81. The fourth-order valence-electron chi connectivity index (χ4n) is 3.05. The summed E-state index contributed by atoms with van der Waals surface area (Å²) < 4.78 is 32.8. The van der Waals surface area contributed by atoms with E-state index in [0.717, 1.165) is 34.9 Å². The van der Waals surface area contributed by atoms with E-state index in [-0.39, 0.29) is 0 Å². The van der Waals surface area contributed by atoms with Gasteiger partial charge in [0.05, 0.1) is 41.5 Å². The number of anilines is 1. The Morgan fingerprint density at radius 2 is 2.00 bits per heavy atom. The lowest BCUT2D eigenvalue weighted by molar-refractivity contribution is 0.417. The summed E-state index contributed by atoms with van der Waals surface area (Å²) in [7, 11) is -0.173. The molecular weight excluding hydrogens is 388 g/mol. The number of aromatic nitrogens is 3. The van der Waals surface area contributed by atoms with Gasteiger partial charge >= 0.3 is 0 Å². The van der Waals surface area contributed by atoms with Gasteiger partial charge in [0.15, 0.2) is 0 Å². The average molecular weight is 409 g/mol. The Morgan fingerprint density at radius 1 is 1.30 bits per heavy atom. The topological polar surface area (TPSA) is 86.1 Å². The lowest BCUT2D eigenvalue weighted by atomic mass is 10.0. The summed E-state index contributed by atoms with van der Waals surface area (Å²) in [6.45, 7) is 3.97. The predicted octanol–water partition coefficient (Wildman–Crippen LogP) is 3.54. The molecule has 0 spiro atoms. The number of hydrogen-bond donors (Lipinski definition) is 1. The first kappa shape index (κ1) is 19.4. The molecule has 0 radical (unpaired) electrons. The van der Waals surface area contributed by atoms with Crippen molar-refractivity contribution < 1.29 is 13.2 Å². The van der Waals surface area contributed by atoms with Crippen molar-refractivity contribution in [1.29, 1.82) is 0 Å². The Kier molecular flexibility index (Phi) is 5.05. The van der Waals surface area contributed by atoms with Crippen molar-refractivity contribution in [3.05, 3.63) is 34.6 Å². The summed E-state index contributed by atoms with van der Waals surface area (Å²) in [6, 6.07) is 5.40. The van der Waals surface area contributed by atoms with E-state index in [1.165, 1.54) is 7.11 Å². The van der Waals surface area contributed by atoms with E-state index in [1.807, 2.05) is 19.9 Å². The molecule has 0 amide bonds. The van der Waals surface area contributed by atoms with Crippen LogP contribution in [0.4, 0.5) is 5.69 Å². The SMILES string of the molecule is CCc1nn(C)c(Cl)c1-c1cc(C)c2cc(OC)c(NS(C)(=O)=O)cc2n1. The number of ether oxygens (including phenoxy) is 1. The van der Waals surface area contributed by atoms with Crippen LogP contribution in [0.5, 0.6) is 5.75 Å². The monoisotopic (exact) mass is 408 g/mol. The van der Waals surface area contributed by atoms with Crippen LogP contribution in [0.15, 0.2) is 18.2 Å². The Balaban J connectivity index is 2.27. The summed E-state index contributed by atoms with van der Waals surface area (Å²) in [5, 5.41) is 5.82. The molecule has 0 unspecified atom stereocenters. The number of sulfonamides is 1. The quantitative estimate of drug-likeness (QED) is 0.697. The minimum Gasteiger partial charge on any atom is -0.495 e. The van der Waals surface area contributed by atoms with Gasteiger partial charge in [-0.25, -0.2) is 13.4 Å². The van der Waals surface area contributed by atoms with E-state index in [9.17, 15) is 8.42 Å². The number of nitrogens with zero attached hydrogens (tertiary/aromatic N) is 3. The van der Waals surface area contributed by atoms with E-state index >= 15 is 0 Å². The highest BCUT2D eigenvalue weighted by atomic mass is 35.5. The van der Waals surface area contributed by atoms with Crippen molar-refractivity contribution in [3.8, 4) is 17.0 Å². The van der Waals surface area contributed by atoms with E-state index in [4.69, 9.17) is 21.3 Å². The van der Waals surface area contributed by atoms with Crippen LogP contribution in [0, 0.1) is 6.92 Å². The van der Waals surface area contributed by atoms with Gasteiger partial charge < -0.3 is 4.74 Å². The zero-order chi connectivity index (χ0) is 19.9. The zero-order valence-electron chi connectivity index (χ0n) is 15.8. The van der Waals surface area contributed by atoms with Crippen molar-refractivity contribution in [2.24, 2.45) is 7.05 Å². The first-order chi connectivity index (χ1) is 12.6. The van der Waals surface area contributed by atoms with Crippen molar-refractivity contribution >= 4 is 38.2 Å². The highest BCUT2D eigenvalue weighted by Gasteiger charge is 2.19. The number of nitrogens with one attached hydrogen (secondary N) is 1. The molecule has 0 aliphatic heterocycles. The van der Waals surface area contributed by atoms with Crippen LogP contribution in [0.3, 0.4) is 0 Å². The van der Waals surface area contributed by atoms with Gasteiger partial charge in [0.2, 0.25) is 10.0 Å². The van der Waals surface area contributed by atoms with E-state index in [1.54, 1.807) is 23.9 Å². The molecule has 0 saturated carbocycles. The zero-order valence-corrected chi connectivity index (χ0v) is 17.4. The summed E-state index contributed by atoms with van der Waals surface area (Å²) in [4.78, 5) is 4.73. The minimum atomic E-state index is -3.46. The molecule has 0 fully saturated rings. The molecule has 0 aliphatic carbocycles. The number of fused-ring (bicyclic) bond motifs is 1. The normalized spacial score (nSPS) is 11.8. The molecule has 144 valence electrons. The van der Waals surface area contributed by atoms with E-state index in [0.29, 0.717) is 27.8 Å². The molecule has 7 nitrogen and oxygen atoms in total. The molecule has 0 bridgehead atoms. The molecule has 27 heavy (non-hydrogen) atoms. The maximum Gasteiger partial charge on any atom is 0.229 e. The predicted molar refractivity (Wildman–Crippen MR) is 108 cm³/mol. The molecule has 0 aliphatic rings. The average Bonchev–Trinajstić information content (AvgIpc) is 2.87. The second-order valence-electron chi connectivity index (χ2n) is 6.36. The van der Waals surface area contributed by atoms with Crippen molar-refractivity contribution in [3.63, 3.8) is 0 Å². The van der Waals surface area contributed by atoms with Gasteiger partial charge in [0.25, 0.3) is 0 Å². The molecule has 9 heteroatoms. The highest BCUT2D eigenvalue weighted by Crippen LogP contribution is 2.36. The molecule has 2 heterocycles. The third-order valence-electron chi connectivity index (χ3n) is 4.27. The molecule has 3 rings (SSSR count). The van der Waals surface area contributed by atoms with E-state index in [2.05, 4.69) is 9.82 Å². The number of aryl methyl sites for hydroxylation is 3. The lowest BCUT2D eigenvalue weighted by Crippen LogP contribution is -2.10. The van der Waals surface area contributed by atoms with Gasteiger partial charge in [-0.2, -0.15) is 5.10 Å². The molecule has 0 atom stereocenters. The first-order valence-electron chi connectivity index (χ1n) is 8.33. The minimum absolute atomic E-state index is 0.338. The Hall–Kier alpha value is -2.32. The Morgan fingerprint density at radius 3 is 2.59 bits per heavy atom. The van der Waals surface area contributed by atoms with Gasteiger partial charge in [-0.1, -0.05) is 18.5 Å². The molecule has 2 aromatic heterocycles. The second-order valence-corrected chi connectivity index (χ2v) is 8.46. The molecule has 1 N–H and O–H groups in total. The van der Waals surface area contributed by atoms with Gasteiger partial charge in [-0.05, 0) is 37.1 Å². The third-order valence-corrected chi connectivity index (χ3v) is 5.30. The van der Waals surface area contributed by atoms with Crippen LogP contribution in [0.2, 0.25) is 5.15 Å². The largest absolute Gasteiger partial charge is 0.495 e. The molecule has 3 aromatic rings. The third kappa shape index (κ3) is 3.72. The van der Waals surface area contributed by atoms with Gasteiger partial charge in [-0.15, -0.1) is 0 Å². The van der Waals surface area contributed by atoms with Crippen LogP contribution in [0.1, 0.15) is 18.2 Å². The van der Waals surface area contributed by atoms with Gasteiger partial charge in [-0.3, -0.25) is 9.40 Å². The lowest BCUT2D eigenvalue weighted by Gasteiger charge is -2.13. The fourth-order valence-corrected chi connectivity index (χ4v) is 3.86. The van der Waals surface area contributed by atoms with Gasteiger partial charge in [0.1, 0.15) is 10.9 Å². The standard InChI is InChI=1S/C18H21ClN4O3S/c1-6-12-17(18(19)23(3)21-12)15-7-10(2)11-8-16(26-4)14(9-13(11)20-15)22-27(5,24)25/h7-9,22H,6H2,1-5H3. The highest BCUT2D eigenvalue weighted by molar-refractivity contribution is 7.92. The summed E-state index contributed by atoms with van der Waals surface area (Å²) in [5.74, 6) is 0.430.